The van der Waals surface area contributed by atoms with E-state index in [4.69, 9.17) is 5.73 Å². The van der Waals surface area contributed by atoms with E-state index in [2.05, 4.69) is 0 Å². The molecule has 0 radical (unpaired) electrons. The van der Waals surface area contributed by atoms with Crippen molar-refractivity contribution in [3.05, 3.63) is 29.8 Å². The molecule has 1 saturated heterocycles. The molecule has 8 heteroatoms. The number of nitrogens with two attached hydrogens (primary N) is 1. The SMILES string of the molecule is CC(N)C1CCCCN1C(=O)CSc1cccc(C(F)(F)F)c1.Cl. The Labute approximate surface area is 150 Å². The molecule has 2 unspecified atom stereocenters. The number of piperidine rings is 1. The summed E-state index contributed by atoms with van der Waals surface area (Å²) in [5.41, 5.74) is 5.25. The number of halogens is 4. The summed E-state index contributed by atoms with van der Waals surface area (Å²) >= 11 is 1.13. The van der Waals surface area contributed by atoms with Crippen LogP contribution in [0.4, 0.5) is 13.2 Å². The van der Waals surface area contributed by atoms with Crippen molar-refractivity contribution < 1.29 is 18.0 Å². The van der Waals surface area contributed by atoms with Crippen LogP contribution in [0, 0.1) is 0 Å². The van der Waals surface area contributed by atoms with Crippen molar-refractivity contribution in [2.24, 2.45) is 5.73 Å². The zero-order valence-corrected chi connectivity index (χ0v) is 15.0. The maximum atomic E-state index is 12.7. The maximum absolute atomic E-state index is 12.7. The summed E-state index contributed by atoms with van der Waals surface area (Å²) in [5.74, 6) is 0.0688. The van der Waals surface area contributed by atoms with Crippen LogP contribution in [0.5, 0.6) is 0 Å². The van der Waals surface area contributed by atoms with Crippen LogP contribution < -0.4 is 5.73 Å². The number of hydrogen-bond donors (Lipinski definition) is 1. The van der Waals surface area contributed by atoms with Gasteiger partial charge in [-0.15, -0.1) is 24.2 Å². The molecule has 1 aromatic carbocycles. The number of thioether (sulfide) groups is 1. The predicted molar refractivity (Wildman–Crippen MR) is 92.4 cm³/mol. The van der Waals surface area contributed by atoms with E-state index in [0.29, 0.717) is 11.4 Å². The average molecular weight is 383 g/mol. The number of benzene rings is 1. The Balaban J connectivity index is 0.00000288. The third-order valence-corrected chi connectivity index (χ3v) is 4.98. The lowest BCUT2D eigenvalue weighted by molar-refractivity contribution is -0.137. The Kier molecular flexibility index (Phi) is 7.89. The van der Waals surface area contributed by atoms with Crippen molar-refractivity contribution in [2.75, 3.05) is 12.3 Å². The Bertz CT molecular complexity index is 554. The first-order valence-corrected chi connectivity index (χ1v) is 8.62. The molecule has 0 aliphatic carbocycles. The lowest BCUT2D eigenvalue weighted by Crippen LogP contribution is -2.52. The molecule has 1 aliphatic rings. The fourth-order valence-electron chi connectivity index (χ4n) is 2.80. The third-order valence-electron chi connectivity index (χ3n) is 4.00. The van der Waals surface area contributed by atoms with Crippen molar-refractivity contribution in [3.63, 3.8) is 0 Å². The second-order valence-corrected chi connectivity index (χ2v) is 6.87. The van der Waals surface area contributed by atoms with Gasteiger partial charge in [-0.3, -0.25) is 4.79 Å². The second kappa shape index (κ2) is 8.97. The van der Waals surface area contributed by atoms with Gasteiger partial charge < -0.3 is 10.6 Å². The first-order valence-electron chi connectivity index (χ1n) is 7.64. The lowest BCUT2D eigenvalue weighted by atomic mass is 9.97. The summed E-state index contributed by atoms with van der Waals surface area (Å²) in [6.07, 6.45) is -1.48. The van der Waals surface area contributed by atoms with Crippen molar-refractivity contribution >= 4 is 30.1 Å². The molecular formula is C16H22ClF3N2OS. The summed E-state index contributed by atoms with van der Waals surface area (Å²) in [7, 11) is 0. The van der Waals surface area contributed by atoms with Gasteiger partial charge in [-0.1, -0.05) is 6.07 Å². The monoisotopic (exact) mass is 382 g/mol. The summed E-state index contributed by atoms with van der Waals surface area (Å²) < 4.78 is 38.1. The Morgan fingerprint density at radius 3 is 2.75 bits per heavy atom. The molecule has 2 rings (SSSR count). The zero-order chi connectivity index (χ0) is 17.0. The number of hydrogen-bond acceptors (Lipinski definition) is 3. The van der Waals surface area contributed by atoms with Crippen molar-refractivity contribution in [2.45, 2.75) is 49.3 Å². The molecule has 24 heavy (non-hydrogen) atoms. The van der Waals surface area contributed by atoms with Gasteiger partial charge >= 0.3 is 6.18 Å². The molecular weight excluding hydrogens is 361 g/mol. The Morgan fingerprint density at radius 2 is 2.12 bits per heavy atom. The molecule has 1 aromatic rings. The quantitative estimate of drug-likeness (QED) is 0.802. The van der Waals surface area contributed by atoms with Gasteiger partial charge in [-0.2, -0.15) is 13.2 Å². The number of carbonyl (C=O) groups is 1. The molecule has 0 aromatic heterocycles. The van der Waals surface area contributed by atoms with Crippen LogP contribution in [0.3, 0.4) is 0 Å². The minimum Gasteiger partial charge on any atom is -0.337 e. The molecule has 0 saturated carbocycles. The Morgan fingerprint density at radius 1 is 1.42 bits per heavy atom. The van der Waals surface area contributed by atoms with Crippen molar-refractivity contribution in [3.8, 4) is 0 Å². The minimum atomic E-state index is -4.37. The largest absolute Gasteiger partial charge is 0.416 e. The second-order valence-electron chi connectivity index (χ2n) is 5.82. The van der Waals surface area contributed by atoms with Gasteiger partial charge in [0.15, 0.2) is 0 Å². The van der Waals surface area contributed by atoms with Crippen molar-refractivity contribution in [1.82, 2.24) is 4.90 Å². The summed E-state index contributed by atoms with van der Waals surface area (Å²) in [5, 5.41) is 0. The van der Waals surface area contributed by atoms with E-state index in [1.54, 1.807) is 11.0 Å². The maximum Gasteiger partial charge on any atom is 0.416 e. The highest BCUT2D eigenvalue weighted by Gasteiger charge is 2.31. The first kappa shape index (κ1) is 21.1. The molecule has 2 N–H and O–H groups in total. The normalized spacial score (nSPS) is 19.5. The minimum absolute atomic E-state index is 0. The van der Waals surface area contributed by atoms with Crippen LogP contribution in [-0.2, 0) is 11.0 Å². The highest BCUT2D eigenvalue weighted by Crippen LogP contribution is 2.32. The highest BCUT2D eigenvalue weighted by molar-refractivity contribution is 8.00. The number of carbonyl (C=O) groups excluding carboxylic acids is 1. The fraction of sp³-hybridized carbons (Fsp3) is 0.562. The van der Waals surface area contributed by atoms with Crippen molar-refractivity contribution in [1.29, 1.82) is 0 Å². The molecule has 0 spiro atoms. The van der Waals surface area contributed by atoms with Gasteiger partial charge in [0.1, 0.15) is 0 Å². The molecule has 1 amide bonds. The highest BCUT2D eigenvalue weighted by atomic mass is 35.5. The van der Waals surface area contributed by atoms with Crippen LogP contribution in [0.25, 0.3) is 0 Å². The molecule has 1 aliphatic heterocycles. The zero-order valence-electron chi connectivity index (χ0n) is 13.4. The van der Waals surface area contributed by atoms with Gasteiger partial charge in [0.05, 0.1) is 11.3 Å². The van der Waals surface area contributed by atoms with Gasteiger partial charge in [0.2, 0.25) is 5.91 Å². The molecule has 136 valence electrons. The van der Waals surface area contributed by atoms with E-state index in [0.717, 1.165) is 43.2 Å². The standard InChI is InChI=1S/C16H21F3N2OS.ClH/c1-11(20)14-7-2-3-8-21(14)15(22)10-23-13-6-4-5-12(9-13)16(17,18)19;/h4-6,9,11,14H,2-3,7-8,10,20H2,1H3;1H. The Hall–Kier alpha value is -0.920. The first-order chi connectivity index (χ1) is 10.8. The molecule has 1 fully saturated rings. The van der Waals surface area contributed by atoms with E-state index >= 15 is 0 Å². The number of likely N-dealkylation sites (tertiary alicyclic amines) is 1. The number of rotatable bonds is 4. The molecule has 1 heterocycles. The van der Waals surface area contributed by atoms with Crippen LogP contribution in [0.1, 0.15) is 31.7 Å². The van der Waals surface area contributed by atoms with Gasteiger partial charge in [0, 0.05) is 23.5 Å². The summed E-state index contributed by atoms with van der Waals surface area (Å²) in [6.45, 7) is 2.56. The van der Waals surface area contributed by atoms with Crippen LogP contribution in [0.2, 0.25) is 0 Å². The topological polar surface area (TPSA) is 46.3 Å². The van der Waals surface area contributed by atoms with E-state index in [1.807, 2.05) is 6.92 Å². The molecule has 0 bridgehead atoms. The lowest BCUT2D eigenvalue weighted by Gasteiger charge is -2.38. The summed E-state index contributed by atoms with van der Waals surface area (Å²) in [6, 6.07) is 4.99. The van der Waals surface area contributed by atoms with Crippen LogP contribution in [-0.4, -0.2) is 35.2 Å². The molecule has 2 atom stereocenters. The van der Waals surface area contributed by atoms with Gasteiger partial charge in [-0.05, 0) is 44.4 Å². The van der Waals surface area contributed by atoms with E-state index < -0.39 is 11.7 Å². The fourth-order valence-corrected chi connectivity index (χ4v) is 3.64. The number of amides is 1. The number of alkyl halides is 3. The van der Waals surface area contributed by atoms with E-state index in [9.17, 15) is 18.0 Å². The summed E-state index contributed by atoms with van der Waals surface area (Å²) in [4.78, 5) is 14.6. The smallest absolute Gasteiger partial charge is 0.337 e. The van der Waals surface area contributed by atoms with E-state index in [1.165, 1.54) is 6.07 Å². The van der Waals surface area contributed by atoms with Gasteiger partial charge in [-0.25, -0.2) is 0 Å². The predicted octanol–water partition coefficient (Wildman–Crippen LogP) is 3.95. The third kappa shape index (κ3) is 5.57. The number of nitrogens with zero attached hydrogens (tertiary/aromatic N) is 1. The van der Waals surface area contributed by atoms with E-state index in [-0.39, 0.29) is 36.2 Å². The average Bonchev–Trinajstić information content (AvgIpc) is 2.52. The van der Waals surface area contributed by atoms with Gasteiger partial charge in [0.25, 0.3) is 0 Å². The molecule has 3 nitrogen and oxygen atoms in total. The van der Waals surface area contributed by atoms with Crippen LogP contribution >= 0.6 is 24.2 Å². The van der Waals surface area contributed by atoms with Crippen LogP contribution in [0.15, 0.2) is 29.2 Å².